The highest BCUT2D eigenvalue weighted by Gasteiger charge is 2.25. The van der Waals surface area contributed by atoms with Crippen molar-refractivity contribution in [3.63, 3.8) is 0 Å². The maximum absolute atomic E-state index is 11.2. The van der Waals surface area contributed by atoms with Gasteiger partial charge in [-0.1, -0.05) is 35.4 Å². The number of carbonyl (C=O) groups is 1. The molecule has 1 aliphatic heterocycles. The molecule has 1 amide bonds. The zero-order valence-corrected chi connectivity index (χ0v) is 11.7. The van der Waals surface area contributed by atoms with Crippen molar-refractivity contribution in [3.05, 3.63) is 41.8 Å². The van der Waals surface area contributed by atoms with Crippen molar-refractivity contribution in [1.29, 1.82) is 0 Å². The van der Waals surface area contributed by atoms with Gasteiger partial charge in [0, 0.05) is 19.0 Å². The molecule has 1 saturated heterocycles. The van der Waals surface area contributed by atoms with Crippen molar-refractivity contribution in [2.24, 2.45) is 11.7 Å². The van der Waals surface area contributed by atoms with E-state index >= 15 is 0 Å². The fraction of sp³-hybridized carbons (Fsp3) is 0.400. The van der Waals surface area contributed by atoms with E-state index in [0.717, 1.165) is 31.5 Å². The lowest BCUT2D eigenvalue weighted by Gasteiger charge is -2.28. The molecule has 0 spiro atoms. The summed E-state index contributed by atoms with van der Waals surface area (Å²) in [5.74, 6) is 0.353. The molecule has 3 rings (SSSR count). The second kappa shape index (κ2) is 5.95. The van der Waals surface area contributed by atoms with Crippen LogP contribution in [-0.4, -0.2) is 29.2 Å². The van der Waals surface area contributed by atoms with Gasteiger partial charge in [0.25, 0.3) is 0 Å². The molecule has 0 atom stereocenters. The molecule has 1 aromatic carbocycles. The summed E-state index contributed by atoms with van der Waals surface area (Å²) < 4.78 is 5.71. The third-order valence-corrected chi connectivity index (χ3v) is 3.82. The number of hydrogen-bond donors (Lipinski definition) is 1. The average molecular weight is 286 g/mol. The van der Waals surface area contributed by atoms with E-state index < -0.39 is 0 Å². The van der Waals surface area contributed by atoms with Crippen LogP contribution in [0.15, 0.2) is 34.7 Å². The second-order valence-electron chi connectivity index (χ2n) is 5.30. The van der Waals surface area contributed by atoms with Gasteiger partial charge >= 0.3 is 6.01 Å². The maximum Gasteiger partial charge on any atom is 0.318 e. The second-order valence-corrected chi connectivity index (χ2v) is 5.30. The first-order valence-electron chi connectivity index (χ1n) is 7.13. The Morgan fingerprint density at radius 2 is 1.95 bits per heavy atom. The standard InChI is InChI=1S/C15H18N4O2/c16-14(20)12-6-8-19(9-7-12)15-18-17-13(21-15)10-11-4-2-1-3-5-11/h1-5,12H,6-10H2,(H2,16,20). The van der Waals surface area contributed by atoms with E-state index in [1.807, 2.05) is 35.2 Å². The van der Waals surface area contributed by atoms with Gasteiger partial charge in [0.05, 0.1) is 6.42 Å². The van der Waals surface area contributed by atoms with Crippen LogP contribution in [0.3, 0.4) is 0 Å². The van der Waals surface area contributed by atoms with Gasteiger partial charge in [-0.15, -0.1) is 5.10 Å². The minimum Gasteiger partial charge on any atom is -0.408 e. The first-order valence-corrected chi connectivity index (χ1v) is 7.13. The first kappa shape index (κ1) is 13.6. The summed E-state index contributed by atoms with van der Waals surface area (Å²) in [5, 5.41) is 8.19. The van der Waals surface area contributed by atoms with Gasteiger partial charge in [-0.05, 0) is 18.4 Å². The minimum absolute atomic E-state index is 0.0343. The topological polar surface area (TPSA) is 85.3 Å². The number of nitrogens with two attached hydrogens (primary N) is 1. The Morgan fingerprint density at radius 1 is 1.24 bits per heavy atom. The normalized spacial score (nSPS) is 16.1. The predicted molar refractivity (Wildman–Crippen MR) is 77.7 cm³/mol. The Balaban J connectivity index is 1.62. The van der Waals surface area contributed by atoms with E-state index in [2.05, 4.69) is 10.2 Å². The Bertz CT molecular complexity index is 603. The van der Waals surface area contributed by atoms with E-state index in [1.54, 1.807) is 0 Å². The Kier molecular flexibility index (Phi) is 3.85. The van der Waals surface area contributed by atoms with Crippen molar-refractivity contribution >= 4 is 11.9 Å². The van der Waals surface area contributed by atoms with Gasteiger partial charge in [0.15, 0.2) is 0 Å². The lowest BCUT2D eigenvalue weighted by molar-refractivity contribution is -0.122. The predicted octanol–water partition coefficient (Wildman–Crippen LogP) is 1.36. The molecule has 0 saturated carbocycles. The van der Waals surface area contributed by atoms with Crippen LogP contribution in [0.5, 0.6) is 0 Å². The van der Waals surface area contributed by atoms with Crippen LogP contribution in [0.25, 0.3) is 0 Å². The molecule has 0 aliphatic carbocycles. The molecule has 0 bridgehead atoms. The number of amides is 1. The fourth-order valence-corrected chi connectivity index (χ4v) is 2.57. The summed E-state index contributed by atoms with van der Waals surface area (Å²) in [5.41, 5.74) is 6.47. The molecule has 1 aliphatic rings. The van der Waals surface area contributed by atoms with E-state index in [9.17, 15) is 4.79 Å². The zero-order chi connectivity index (χ0) is 14.7. The molecule has 1 fully saturated rings. The highest BCUT2D eigenvalue weighted by atomic mass is 16.4. The highest BCUT2D eigenvalue weighted by Crippen LogP contribution is 2.22. The molecule has 21 heavy (non-hydrogen) atoms. The Labute approximate surface area is 123 Å². The van der Waals surface area contributed by atoms with Crippen molar-refractivity contribution < 1.29 is 9.21 Å². The van der Waals surface area contributed by atoms with E-state index in [4.69, 9.17) is 10.2 Å². The van der Waals surface area contributed by atoms with Crippen LogP contribution in [0.1, 0.15) is 24.3 Å². The van der Waals surface area contributed by atoms with Gasteiger partial charge < -0.3 is 15.1 Å². The number of primary amides is 1. The number of aromatic nitrogens is 2. The largest absolute Gasteiger partial charge is 0.408 e. The fourth-order valence-electron chi connectivity index (χ4n) is 2.57. The SMILES string of the molecule is NC(=O)C1CCN(c2nnc(Cc3ccccc3)o2)CC1. The van der Waals surface area contributed by atoms with Gasteiger partial charge in [0.2, 0.25) is 11.8 Å². The average Bonchev–Trinajstić information content (AvgIpc) is 2.97. The van der Waals surface area contributed by atoms with Crippen LogP contribution in [-0.2, 0) is 11.2 Å². The highest BCUT2D eigenvalue weighted by molar-refractivity contribution is 5.76. The lowest BCUT2D eigenvalue weighted by atomic mass is 9.97. The van der Waals surface area contributed by atoms with Crippen molar-refractivity contribution in [2.45, 2.75) is 19.3 Å². The molecule has 2 N–H and O–H groups in total. The number of anilines is 1. The molecule has 2 aromatic rings. The molecule has 6 heteroatoms. The molecular weight excluding hydrogens is 268 g/mol. The number of rotatable bonds is 4. The monoisotopic (exact) mass is 286 g/mol. The number of piperidine rings is 1. The molecule has 0 radical (unpaired) electrons. The van der Waals surface area contributed by atoms with Crippen LogP contribution in [0.4, 0.5) is 6.01 Å². The molecule has 6 nitrogen and oxygen atoms in total. The lowest BCUT2D eigenvalue weighted by Crippen LogP contribution is -2.38. The van der Waals surface area contributed by atoms with E-state index in [-0.39, 0.29) is 11.8 Å². The quantitative estimate of drug-likeness (QED) is 0.917. The third kappa shape index (κ3) is 3.21. The van der Waals surface area contributed by atoms with E-state index in [1.165, 1.54) is 0 Å². The van der Waals surface area contributed by atoms with Crippen LogP contribution >= 0.6 is 0 Å². The summed E-state index contributed by atoms with van der Waals surface area (Å²) >= 11 is 0. The van der Waals surface area contributed by atoms with Crippen molar-refractivity contribution in [3.8, 4) is 0 Å². The molecular formula is C15H18N4O2. The molecule has 110 valence electrons. The number of carbonyl (C=O) groups excluding carboxylic acids is 1. The summed E-state index contributed by atoms with van der Waals surface area (Å²) in [6.07, 6.45) is 2.11. The summed E-state index contributed by atoms with van der Waals surface area (Å²) in [6, 6.07) is 10.5. The van der Waals surface area contributed by atoms with Gasteiger partial charge in [-0.3, -0.25) is 4.79 Å². The van der Waals surface area contributed by atoms with E-state index in [0.29, 0.717) is 18.3 Å². The summed E-state index contributed by atoms with van der Waals surface area (Å²) in [7, 11) is 0. The number of benzene rings is 1. The first-order chi connectivity index (χ1) is 10.2. The van der Waals surface area contributed by atoms with Crippen LogP contribution in [0, 0.1) is 5.92 Å². The molecule has 2 heterocycles. The van der Waals surface area contributed by atoms with Crippen LogP contribution < -0.4 is 10.6 Å². The Morgan fingerprint density at radius 3 is 2.62 bits per heavy atom. The van der Waals surface area contributed by atoms with Crippen molar-refractivity contribution in [2.75, 3.05) is 18.0 Å². The summed E-state index contributed by atoms with van der Waals surface area (Å²) in [4.78, 5) is 13.2. The maximum atomic E-state index is 11.2. The minimum atomic E-state index is -0.218. The smallest absolute Gasteiger partial charge is 0.318 e. The number of nitrogens with zero attached hydrogens (tertiary/aromatic N) is 3. The number of hydrogen-bond acceptors (Lipinski definition) is 5. The molecule has 1 aromatic heterocycles. The van der Waals surface area contributed by atoms with Gasteiger partial charge in [-0.2, -0.15) is 0 Å². The Hall–Kier alpha value is -2.37. The summed E-state index contributed by atoms with van der Waals surface area (Å²) in [6.45, 7) is 1.45. The van der Waals surface area contributed by atoms with Crippen LogP contribution in [0.2, 0.25) is 0 Å². The third-order valence-electron chi connectivity index (χ3n) is 3.82. The van der Waals surface area contributed by atoms with Gasteiger partial charge in [-0.25, -0.2) is 0 Å². The van der Waals surface area contributed by atoms with Gasteiger partial charge in [0.1, 0.15) is 0 Å². The zero-order valence-electron chi connectivity index (χ0n) is 11.7. The molecule has 0 unspecified atom stereocenters. The van der Waals surface area contributed by atoms with Crippen molar-refractivity contribution in [1.82, 2.24) is 10.2 Å².